The van der Waals surface area contributed by atoms with Crippen molar-refractivity contribution >= 4 is 24.2 Å². The fourth-order valence-electron chi connectivity index (χ4n) is 1.56. The van der Waals surface area contributed by atoms with Crippen LogP contribution in [0.25, 0.3) is 0 Å². The number of hydrogen-bond acceptors (Lipinski definition) is 7. The average molecular weight is 276 g/mol. The van der Waals surface area contributed by atoms with E-state index in [1.54, 1.807) is 0 Å². The minimum absolute atomic E-state index is 0.100. The Hall–Kier alpha value is -0.370. The molecule has 2 atom stereocenters. The number of rotatable bonds is 5. The Morgan fingerprint density at radius 2 is 2.47 bits per heavy atom. The Bertz CT molecular complexity index is 374. The molecule has 0 amide bonds. The van der Waals surface area contributed by atoms with E-state index in [0.29, 0.717) is 23.6 Å². The lowest BCUT2D eigenvalue weighted by Crippen LogP contribution is -2.25. The highest BCUT2D eigenvalue weighted by atomic mass is 32.1. The van der Waals surface area contributed by atoms with Crippen molar-refractivity contribution in [3.8, 4) is 5.19 Å². The molecule has 7 heteroatoms. The molecule has 1 aromatic rings. The molecule has 0 radical (unpaired) electrons. The highest BCUT2D eigenvalue weighted by Crippen LogP contribution is 2.27. The van der Waals surface area contributed by atoms with E-state index in [1.165, 1.54) is 11.5 Å². The second-order valence-electron chi connectivity index (χ2n) is 4.04. The van der Waals surface area contributed by atoms with Gasteiger partial charge in [-0.05, 0) is 13.3 Å². The van der Waals surface area contributed by atoms with Crippen LogP contribution >= 0.6 is 24.2 Å². The molecule has 2 unspecified atom stereocenters. The van der Waals surface area contributed by atoms with E-state index in [4.69, 9.17) is 14.2 Å². The van der Waals surface area contributed by atoms with E-state index in [9.17, 15) is 0 Å². The van der Waals surface area contributed by atoms with Crippen molar-refractivity contribution in [3.05, 3.63) is 0 Å². The molecule has 1 fully saturated rings. The molecule has 1 aliphatic heterocycles. The third-order valence-electron chi connectivity index (χ3n) is 2.69. The first-order valence-electron chi connectivity index (χ1n) is 5.58. The van der Waals surface area contributed by atoms with Crippen molar-refractivity contribution in [3.63, 3.8) is 0 Å². The molecule has 0 aromatic carbocycles. The molecule has 5 nitrogen and oxygen atoms in total. The first-order valence-corrected chi connectivity index (χ1v) is 6.80. The zero-order chi connectivity index (χ0) is 12.3. The number of thiol groups is 1. The molecule has 0 bridgehead atoms. The van der Waals surface area contributed by atoms with E-state index in [0.717, 1.165) is 12.8 Å². The Morgan fingerprint density at radius 3 is 3.06 bits per heavy atom. The van der Waals surface area contributed by atoms with Crippen LogP contribution in [-0.2, 0) is 9.47 Å². The minimum atomic E-state index is -0.425. The van der Waals surface area contributed by atoms with E-state index < -0.39 is 5.79 Å². The standard InChI is InChI=1S/C10H16N2O3S2/c1-3-10(2)14-6-7(15-10)4-5-13-9-11-8(16)12-17-9/h7H,3-6H2,1-2H3,(H,12,16). The third kappa shape index (κ3) is 3.54. The topological polar surface area (TPSA) is 53.5 Å². The first kappa shape index (κ1) is 13.1. The van der Waals surface area contributed by atoms with Crippen LogP contribution in [0.2, 0.25) is 0 Å². The SMILES string of the molecule is CCC1(C)OCC(CCOc2nc(S)ns2)O1. The summed E-state index contributed by atoms with van der Waals surface area (Å²) in [7, 11) is 0. The van der Waals surface area contributed by atoms with Crippen molar-refractivity contribution < 1.29 is 14.2 Å². The number of nitrogens with zero attached hydrogens (tertiary/aromatic N) is 2. The summed E-state index contributed by atoms with van der Waals surface area (Å²) >= 11 is 5.22. The van der Waals surface area contributed by atoms with Crippen molar-refractivity contribution in [1.29, 1.82) is 0 Å². The quantitative estimate of drug-likeness (QED) is 0.835. The van der Waals surface area contributed by atoms with E-state index in [1.807, 2.05) is 13.8 Å². The summed E-state index contributed by atoms with van der Waals surface area (Å²) in [5, 5.41) is 0.996. The molecule has 1 aliphatic rings. The largest absolute Gasteiger partial charge is 0.469 e. The van der Waals surface area contributed by atoms with Crippen molar-refractivity contribution in [2.24, 2.45) is 0 Å². The molecule has 17 heavy (non-hydrogen) atoms. The fourth-order valence-corrected chi connectivity index (χ4v) is 2.30. The Balaban J connectivity index is 1.70. The molecule has 0 aliphatic carbocycles. The van der Waals surface area contributed by atoms with Crippen LogP contribution in [0.1, 0.15) is 26.7 Å². The summed E-state index contributed by atoms with van der Waals surface area (Å²) in [6.45, 7) is 5.19. The van der Waals surface area contributed by atoms with Crippen LogP contribution in [0.4, 0.5) is 0 Å². The zero-order valence-electron chi connectivity index (χ0n) is 9.88. The molecule has 0 N–H and O–H groups in total. The number of aromatic nitrogens is 2. The van der Waals surface area contributed by atoms with Crippen molar-refractivity contribution in [2.45, 2.75) is 43.7 Å². The maximum atomic E-state index is 5.79. The summed E-state index contributed by atoms with van der Waals surface area (Å²) in [6.07, 6.45) is 1.74. The lowest BCUT2D eigenvalue weighted by molar-refractivity contribution is -0.156. The van der Waals surface area contributed by atoms with Crippen LogP contribution in [-0.4, -0.2) is 34.5 Å². The van der Waals surface area contributed by atoms with Gasteiger partial charge in [0, 0.05) is 18.0 Å². The summed E-state index contributed by atoms with van der Waals surface area (Å²) < 4.78 is 20.8. The number of hydrogen-bond donors (Lipinski definition) is 1. The van der Waals surface area contributed by atoms with Crippen LogP contribution in [0.15, 0.2) is 5.16 Å². The second-order valence-corrected chi connectivity index (χ2v) is 5.15. The normalized spacial score (nSPS) is 28.5. The van der Waals surface area contributed by atoms with E-state index >= 15 is 0 Å². The molecule has 1 aromatic heterocycles. The predicted molar refractivity (Wildman–Crippen MR) is 66.8 cm³/mol. The van der Waals surface area contributed by atoms with E-state index in [2.05, 4.69) is 22.0 Å². The average Bonchev–Trinajstić information content (AvgIpc) is 2.87. The summed E-state index contributed by atoms with van der Waals surface area (Å²) in [5.74, 6) is -0.425. The van der Waals surface area contributed by atoms with E-state index in [-0.39, 0.29) is 6.10 Å². The van der Waals surface area contributed by atoms with Gasteiger partial charge in [-0.25, -0.2) is 0 Å². The van der Waals surface area contributed by atoms with Gasteiger partial charge < -0.3 is 14.2 Å². The van der Waals surface area contributed by atoms with Gasteiger partial charge in [-0.15, -0.1) is 12.6 Å². The smallest absolute Gasteiger partial charge is 0.293 e. The Kier molecular flexibility index (Phi) is 4.24. The maximum absolute atomic E-state index is 5.79. The highest BCUT2D eigenvalue weighted by Gasteiger charge is 2.35. The van der Waals surface area contributed by atoms with Gasteiger partial charge in [0.05, 0.1) is 19.3 Å². The molecular formula is C10H16N2O3S2. The van der Waals surface area contributed by atoms with Crippen LogP contribution in [0.5, 0.6) is 5.19 Å². The molecule has 2 heterocycles. The second kappa shape index (κ2) is 5.51. The predicted octanol–water partition coefficient (Wildman–Crippen LogP) is 2.14. The molecular weight excluding hydrogens is 260 g/mol. The Morgan fingerprint density at radius 1 is 1.65 bits per heavy atom. The maximum Gasteiger partial charge on any atom is 0.293 e. The van der Waals surface area contributed by atoms with Gasteiger partial charge in [0.25, 0.3) is 5.19 Å². The summed E-state index contributed by atoms with van der Waals surface area (Å²) in [4.78, 5) is 4.00. The monoisotopic (exact) mass is 276 g/mol. The number of ether oxygens (including phenoxy) is 3. The lowest BCUT2D eigenvalue weighted by Gasteiger charge is -2.20. The van der Waals surface area contributed by atoms with Crippen LogP contribution < -0.4 is 4.74 Å². The van der Waals surface area contributed by atoms with Gasteiger partial charge in [-0.2, -0.15) is 9.36 Å². The van der Waals surface area contributed by atoms with Gasteiger partial charge in [0.2, 0.25) is 5.16 Å². The van der Waals surface area contributed by atoms with Gasteiger partial charge in [0.15, 0.2) is 5.79 Å². The lowest BCUT2D eigenvalue weighted by atomic mass is 10.2. The minimum Gasteiger partial charge on any atom is -0.469 e. The third-order valence-corrected chi connectivity index (χ3v) is 3.66. The molecule has 1 saturated heterocycles. The van der Waals surface area contributed by atoms with Gasteiger partial charge in [0.1, 0.15) is 0 Å². The molecule has 0 spiro atoms. The van der Waals surface area contributed by atoms with Gasteiger partial charge in [-0.1, -0.05) is 6.92 Å². The van der Waals surface area contributed by atoms with Gasteiger partial charge in [-0.3, -0.25) is 0 Å². The van der Waals surface area contributed by atoms with Crippen LogP contribution in [0.3, 0.4) is 0 Å². The first-order chi connectivity index (χ1) is 8.11. The molecule has 2 rings (SSSR count). The van der Waals surface area contributed by atoms with Crippen molar-refractivity contribution in [2.75, 3.05) is 13.2 Å². The molecule has 0 saturated carbocycles. The zero-order valence-corrected chi connectivity index (χ0v) is 11.6. The fraction of sp³-hybridized carbons (Fsp3) is 0.800. The highest BCUT2D eigenvalue weighted by molar-refractivity contribution is 7.80. The summed E-state index contributed by atoms with van der Waals surface area (Å²) in [6, 6.07) is 0. The Labute approximate surface area is 110 Å². The molecule has 96 valence electrons. The summed E-state index contributed by atoms with van der Waals surface area (Å²) in [5.41, 5.74) is 0. The van der Waals surface area contributed by atoms with Crippen molar-refractivity contribution in [1.82, 2.24) is 9.36 Å². The van der Waals surface area contributed by atoms with Crippen LogP contribution in [0, 0.1) is 0 Å². The van der Waals surface area contributed by atoms with Gasteiger partial charge >= 0.3 is 0 Å².